The predicted molar refractivity (Wildman–Crippen MR) is 52.3 cm³/mol. The third kappa shape index (κ3) is 3.21. The second kappa shape index (κ2) is 5.05. The molecule has 2 heteroatoms. The smallest absolute Gasteiger partial charge is 0.309 e. The molecular formula is C11H18O2. The minimum Gasteiger partial charge on any atom is -0.462 e. The average Bonchev–Trinajstić information content (AvgIpc) is 2.39. The number of unbranched alkanes of at least 4 members (excludes halogenated alkanes) is 2. The van der Waals surface area contributed by atoms with Crippen molar-refractivity contribution in [2.75, 3.05) is 0 Å². The molecule has 0 bridgehead atoms. The van der Waals surface area contributed by atoms with Crippen molar-refractivity contribution in [3.63, 3.8) is 0 Å². The van der Waals surface area contributed by atoms with Crippen molar-refractivity contribution in [3.8, 4) is 0 Å². The summed E-state index contributed by atoms with van der Waals surface area (Å²) < 4.78 is 5.07. The third-order valence-corrected chi connectivity index (χ3v) is 2.48. The highest BCUT2D eigenvalue weighted by Crippen LogP contribution is 2.25. The third-order valence-electron chi connectivity index (χ3n) is 2.48. The van der Waals surface area contributed by atoms with Crippen LogP contribution in [0.4, 0.5) is 0 Å². The Kier molecular flexibility index (Phi) is 4.00. The highest BCUT2D eigenvalue weighted by Gasteiger charge is 2.30. The number of esters is 1. The van der Waals surface area contributed by atoms with Crippen molar-refractivity contribution in [1.82, 2.24) is 0 Å². The van der Waals surface area contributed by atoms with E-state index < -0.39 is 0 Å². The van der Waals surface area contributed by atoms with E-state index in [-0.39, 0.29) is 18.0 Å². The summed E-state index contributed by atoms with van der Waals surface area (Å²) in [5.74, 6) is 0.172. The number of rotatable bonds is 5. The van der Waals surface area contributed by atoms with Crippen molar-refractivity contribution in [1.29, 1.82) is 0 Å². The normalized spacial score (nSPS) is 27.3. The summed E-state index contributed by atoms with van der Waals surface area (Å²) >= 11 is 0. The first-order valence-corrected chi connectivity index (χ1v) is 5.05. The van der Waals surface area contributed by atoms with Crippen LogP contribution in [-0.2, 0) is 9.53 Å². The van der Waals surface area contributed by atoms with E-state index in [4.69, 9.17) is 4.74 Å². The molecule has 0 spiro atoms. The van der Waals surface area contributed by atoms with E-state index in [0.29, 0.717) is 0 Å². The Morgan fingerprint density at radius 3 is 2.92 bits per heavy atom. The van der Waals surface area contributed by atoms with Crippen LogP contribution in [0.1, 0.15) is 39.0 Å². The fourth-order valence-electron chi connectivity index (χ4n) is 1.75. The number of allylic oxidation sites excluding steroid dienone is 1. The first-order valence-electron chi connectivity index (χ1n) is 5.05. The van der Waals surface area contributed by atoms with Crippen LogP contribution in [0.2, 0.25) is 0 Å². The Morgan fingerprint density at radius 2 is 2.38 bits per heavy atom. The van der Waals surface area contributed by atoms with Gasteiger partial charge in [0.05, 0.1) is 12.0 Å². The lowest BCUT2D eigenvalue weighted by Gasteiger charge is -2.03. The Labute approximate surface area is 80.0 Å². The van der Waals surface area contributed by atoms with Crippen LogP contribution in [0.15, 0.2) is 12.7 Å². The van der Waals surface area contributed by atoms with Gasteiger partial charge in [-0.15, -0.1) is 6.58 Å². The molecule has 1 heterocycles. The van der Waals surface area contributed by atoms with Gasteiger partial charge in [0.2, 0.25) is 0 Å². The van der Waals surface area contributed by atoms with Crippen LogP contribution in [0, 0.1) is 5.92 Å². The van der Waals surface area contributed by atoms with E-state index in [1.165, 1.54) is 0 Å². The SMILES string of the molecule is C=CCCCC[C@H]1C[C@H](C)OC1=O. The van der Waals surface area contributed by atoms with Gasteiger partial charge in [-0.2, -0.15) is 0 Å². The van der Waals surface area contributed by atoms with Gasteiger partial charge in [-0.3, -0.25) is 4.79 Å². The predicted octanol–water partition coefficient (Wildman–Crippen LogP) is 2.68. The van der Waals surface area contributed by atoms with Gasteiger partial charge in [0.1, 0.15) is 0 Å². The largest absolute Gasteiger partial charge is 0.462 e. The van der Waals surface area contributed by atoms with Crippen LogP contribution in [0.25, 0.3) is 0 Å². The number of carbonyl (C=O) groups excluding carboxylic acids is 1. The molecule has 0 radical (unpaired) electrons. The highest BCUT2D eigenvalue weighted by molar-refractivity contribution is 5.74. The van der Waals surface area contributed by atoms with E-state index in [1.54, 1.807) is 0 Å². The van der Waals surface area contributed by atoms with E-state index >= 15 is 0 Å². The molecule has 0 N–H and O–H groups in total. The first kappa shape index (κ1) is 10.3. The average molecular weight is 182 g/mol. The lowest BCUT2D eigenvalue weighted by Crippen LogP contribution is -2.06. The zero-order valence-corrected chi connectivity index (χ0v) is 8.29. The van der Waals surface area contributed by atoms with Gasteiger partial charge in [0, 0.05) is 0 Å². The molecule has 2 atom stereocenters. The maximum atomic E-state index is 11.2. The summed E-state index contributed by atoms with van der Waals surface area (Å²) in [6, 6.07) is 0. The van der Waals surface area contributed by atoms with E-state index in [0.717, 1.165) is 32.1 Å². The molecule has 0 aliphatic carbocycles. The molecule has 1 fully saturated rings. The monoisotopic (exact) mass is 182 g/mol. The summed E-state index contributed by atoms with van der Waals surface area (Å²) in [5.41, 5.74) is 0. The maximum Gasteiger partial charge on any atom is 0.309 e. The second-order valence-electron chi connectivity index (χ2n) is 3.75. The van der Waals surface area contributed by atoms with Crippen molar-refractivity contribution in [2.45, 2.75) is 45.1 Å². The van der Waals surface area contributed by atoms with E-state index in [9.17, 15) is 4.79 Å². The number of hydrogen-bond donors (Lipinski definition) is 0. The maximum absolute atomic E-state index is 11.2. The van der Waals surface area contributed by atoms with Crippen LogP contribution in [-0.4, -0.2) is 12.1 Å². The molecule has 1 saturated heterocycles. The van der Waals surface area contributed by atoms with Gasteiger partial charge in [0.25, 0.3) is 0 Å². The molecule has 13 heavy (non-hydrogen) atoms. The Bertz CT molecular complexity index is 187. The molecule has 0 amide bonds. The first-order chi connectivity index (χ1) is 6.24. The molecule has 0 aromatic heterocycles. The Morgan fingerprint density at radius 1 is 1.62 bits per heavy atom. The number of ether oxygens (including phenoxy) is 1. The summed E-state index contributed by atoms with van der Waals surface area (Å²) in [6.07, 6.45) is 7.26. The molecule has 2 nitrogen and oxygen atoms in total. The van der Waals surface area contributed by atoms with Gasteiger partial charge in [0.15, 0.2) is 0 Å². The summed E-state index contributed by atoms with van der Waals surface area (Å²) in [7, 11) is 0. The van der Waals surface area contributed by atoms with Crippen LogP contribution in [0.5, 0.6) is 0 Å². The fourth-order valence-corrected chi connectivity index (χ4v) is 1.75. The lowest BCUT2D eigenvalue weighted by molar-refractivity contribution is -0.143. The molecule has 0 saturated carbocycles. The molecular weight excluding hydrogens is 164 g/mol. The number of carbonyl (C=O) groups is 1. The lowest BCUT2D eigenvalue weighted by atomic mass is 9.98. The van der Waals surface area contributed by atoms with Gasteiger partial charge in [-0.05, 0) is 32.6 Å². The van der Waals surface area contributed by atoms with E-state index in [2.05, 4.69) is 6.58 Å². The standard InChI is InChI=1S/C11H18O2/c1-3-4-5-6-7-10-8-9(2)13-11(10)12/h3,9-10H,1,4-8H2,2H3/t9-,10-/m0/s1. The molecule has 0 unspecified atom stereocenters. The van der Waals surface area contributed by atoms with Crippen molar-refractivity contribution in [3.05, 3.63) is 12.7 Å². The van der Waals surface area contributed by atoms with Gasteiger partial charge < -0.3 is 4.74 Å². The van der Waals surface area contributed by atoms with Crippen LogP contribution < -0.4 is 0 Å². The number of hydrogen-bond acceptors (Lipinski definition) is 2. The van der Waals surface area contributed by atoms with Crippen LogP contribution >= 0.6 is 0 Å². The molecule has 0 aromatic carbocycles. The molecule has 0 aromatic rings. The van der Waals surface area contributed by atoms with Gasteiger partial charge >= 0.3 is 5.97 Å². The van der Waals surface area contributed by atoms with E-state index in [1.807, 2.05) is 13.0 Å². The minimum absolute atomic E-state index is 0.00565. The van der Waals surface area contributed by atoms with Gasteiger partial charge in [-0.1, -0.05) is 12.5 Å². The molecule has 1 aliphatic heterocycles. The second-order valence-corrected chi connectivity index (χ2v) is 3.75. The van der Waals surface area contributed by atoms with Crippen molar-refractivity contribution < 1.29 is 9.53 Å². The molecule has 1 rings (SSSR count). The quantitative estimate of drug-likeness (QED) is 0.371. The summed E-state index contributed by atoms with van der Waals surface area (Å²) in [5, 5.41) is 0. The zero-order chi connectivity index (χ0) is 9.68. The molecule has 1 aliphatic rings. The summed E-state index contributed by atoms with van der Waals surface area (Å²) in [6.45, 7) is 5.63. The Balaban J connectivity index is 2.14. The van der Waals surface area contributed by atoms with Crippen molar-refractivity contribution in [2.24, 2.45) is 5.92 Å². The Hall–Kier alpha value is -0.790. The number of cyclic esters (lactones) is 1. The van der Waals surface area contributed by atoms with Crippen molar-refractivity contribution >= 4 is 5.97 Å². The highest BCUT2D eigenvalue weighted by atomic mass is 16.5. The summed E-state index contributed by atoms with van der Waals surface area (Å²) in [4.78, 5) is 11.2. The molecule has 74 valence electrons. The van der Waals surface area contributed by atoms with Crippen LogP contribution in [0.3, 0.4) is 0 Å². The minimum atomic E-state index is 0.00565. The van der Waals surface area contributed by atoms with Gasteiger partial charge in [-0.25, -0.2) is 0 Å². The zero-order valence-electron chi connectivity index (χ0n) is 8.29. The fraction of sp³-hybridized carbons (Fsp3) is 0.727. The topological polar surface area (TPSA) is 26.3 Å².